The second kappa shape index (κ2) is 8.79. The van der Waals surface area contributed by atoms with Crippen LogP contribution < -0.4 is 24.3 Å². The number of aromatic nitrogens is 1. The predicted molar refractivity (Wildman–Crippen MR) is 118 cm³/mol. The SMILES string of the molecule is COc1cc(OC)c2cc(C(=O)NC(c3ccc4c(c3)OCCCO4)C(C)C)[nH]c2c1. The monoisotopic (exact) mass is 424 g/mol. The first-order chi connectivity index (χ1) is 15.0. The van der Waals surface area contributed by atoms with Gasteiger partial charge in [0.1, 0.15) is 17.2 Å². The Morgan fingerprint density at radius 1 is 1.03 bits per heavy atom. The normalized spacial score (nSPS) is 14.2. The van der Waals surface area contributed by atoms with E-state index < -0.39 is 0 Å². The van der Waals surface area contributed by atoms with Crippen LogP contribution >= 0.6 is 0 Å². The van der Waals surface area contributed by atoms with Crippen LogP contribution in [0.15, 0.2) is 36.4 Å². The standard InChI is InChI=1S/C24H28N2O5/c1-14(2)23(15-6-7-20-22(10-15)31-9-5-8-30-20)26-24(27)19-13-17-18(25-19)11-16(28-3)12-21(17)29-4/h6-7,10-14,23,25H,5,8-9H2,1-4H3,(H,26,27). The highest BCUT2D eigenvalue weighted by Gasteiger charge is 2.23. The van der Waals surface area contributed by atoms with E-state index in [0.29, 0.717) is 30.4 Å². The number of amides is 1. The van der Waals surface area contributed by atoms with Gasteiger partial charge in [-0.25, -0.2) is 0 Å². The highest BCUT2D eigenvalue weighted by molar-refractivity contribution is 6.00. The molecule has 0 aliphatic carbocycles. The minimum absolute atomic E-state index is 0.174. The first kappa shape index (κ1) is 20.9. The molecule has 0 radical (unpaired) electrons. The second-order valence-corrected chi connectivity index (χ2v) is 7.93. The third kappa shape index (κ3) is 4.26. The van der Waals surface area contributed by atoms with E-state index in [1.54, 1.807) is 26.4 Å². The van der Waals surface area contributed by atoms with E-state index in [1.807, 2.05) is 24.3 Å². The Balaban J connectivity index is 1.62. The largest absolute Gasteiger partial charge is 0.497 e. The molecule has 1 atom stereocenters. The van der Waals surface area contributed by atoms with Crippen molar-refractivity contribution in [3.63, 3.8) is 0 Å². The summed E-state index contributed by atoms with van der Waals surface area (Å²) in [7, 11) is 3.19. The molecule has 1 amide bonds. The van der Waals surface area contributed by atoms with Gasteiger partial charge in [0.25, 0.3) is 5.91 Å². The zero-order valence-electron chi connectivity index (χ0n) is 18.3. The molecule has 0 saturated carbocycles. The Kier molecular flexibility index (Phi) is 5.93. The van der Waals surface area contributed by atoms with Gasteiger partial charge < -0.3 is 29.2 Å². The van der Waals surface area contributed by atoms with Crippen LogP contribution in [0, 0.1) is 5.92 Å². The lowest BCUT2D eigenvalue weighted by atomic mass is 9.95. The zero-order valence-corrected chi connectivity index (χ0v) is 18.3. The molecule has 1 unspecified atom stereocenters. The fraction of sp³-hybridized carbons (Fsp3) is 0.375. The molecule has 1 aromatic heterocycles. The lowest BCUT2D eigenvalue weighted by Gasteiger charge is -2.23. The molecule has 31 heavy (non-hydrogen) atoms. The number of fused-ring (bicyclic) bond motifs is 2. The van der Waals surface area contributed by atoms with Gasteiger partial charge in [-0.1, -0.05) is 19.9 Å². The van der Waals surface area contributed by atoms with Gasteiger partial charge >= 0.3 is 0 Å². The van der Waals surface area contributed by atoms with Crippen molar-refractivity contribution in [2.45, 2.75) is 26.3 Å². The lowest BCUT2D eigenvalue weighted by Crippen LogP contribution is -2.32. The molecule has 1 aliphatic rings. The second-order valence-electron chi connectivity index (χ2n) is 7.93. The molecule has 1 aliphatic heterocycles. The Labute approximate surface area is 181 Å². The van der Waals surface area contributed by atoms with Crippen LogP contribution in [0.3, 0.4) is 0 Å². The molecule has 7 heteroatoms. The van der Waals surface area contributed by atoms with Gasteiger partial charge in [-0.15, -0.1) is 0 Å². The van der Waals surface area contributed by atoms with E-state index >= 15 is 0 Å². The topological polar surface area (TPSA) is 81.8 Å². The predicted octanol–water partition coefficient (Wildman–Crippen LogP) is 4.47. The van der Waals surface area contributed by atoms with Gasteiger partial charge in [0, 0.05) is 23.9 Å². The first-order valence-corrected chi connectivity index (χ1v) is 10.4. The number of H-pyrrole nitrogens is 1. The van der Waals surface area contributed by atoms with Crippen LogP contribution in [0.5, 0.6) is 23.0 Å². The van der Waals surface area contributed by atoms with Crippen LogP contribution in [0.4, 0.5) is 0 Å². The van der Waals surface area contributed by atoms with Gasteiger partial charge in [-0.05, 0) is 29.7 Å². The lowest BCUT2D eigenvalue weighted by molar-refractivity contribution is 0.0921. The summed E-state index contributed by atoms with van der Waals surface area (Å²) in [6.45, 7) is 5.42. The fourth-order valence-corrected chi connectivity index (χ4v) is 3.82. The molecule has 0 spiro atoms. The van der Waals surface area contributed by atoms with E-state index in [1.165, 1.54) is 0 Å². The molecular formula is C24H28N2O5. The summed E-state index contributed by atoms with van der Waals surface area (Å²) in [5.41, 5.74) is 2.21. The van der Waals surface area contributed by atoms with Crippen LogP contribution in [0.1, 0.15) is 42.4 Å². The fourth-order valence-electron chi connectivity index (χ4n) is 3.82. The number of hydrogen-bond acceptors (Lipinski definition) is 5. The van der Waals surface area contributed by atoms with Crippen molar-refractivity contribution < 1.29 is 23.7 Å². The van der Waals surface area contributed by atoms with Crippen molar-refractivity contribution in [2.75, 3.05) is 27.4 Å². The maximum Gasteiger partial charge on any atom is 0.268 e. The molecule has 0 fully saturated rings. The van der Waals surface area contributed by atoms with Crippen molar-refractivity contribution in [1.82, 2.24) is 10.3 Å². The molecular weight excluding hydrogens is 396 g/mol. The number of aromatic amines is 1. The number of methoxy groups -OCH3 is 2. The van der Waals surface area contributed by atoms with Crippen LogP contribution in [-0.2, 0) is 0 Å². The summed E-state index contributed by atoms with van der Waals surface area (Å²) in [5.74, 6) is 2.75. The zero-order chi connectivity index (χ0) is 22.0. The van der Waals surface area contributed by atoms with Crippen molar-refractivity contribution in [2.24, 2.45) is 5.92 Å². The molecule has 0 bridgehead atoms. The third-order valence-corrected chi connectivity index (χ3v) is 5.46. The van der Waals surface area contributed by atoms with E-state index in [0.717, 1.165) is 34.4 Å². The smallest absolute Gasteiger partial charge is 0.268 e. The third-order valence-electron chi connectivity index (χ3n) is 5.46. The number of ether oxygens (including phenoxy) is 4. The number of hydrogen-bond donors (Lipinski definition) is 2. The minimum atomic E-state index is -0.192. The Morgan fingerprint density at radius 2 is 1.81 bits per heavy atom. The summed E-state index contributed by atoms with van der Waals surface area (Å²) < 4.78 is 22.3. The Bertz CT molecular complexity index is 1090. The summed E-state index contributed by atoms with van der Waals surface area (Å²) >= 11 is 0. The van der Waals surface area contributed by atoms with E-state index in [2.05, 4.69) is 24.1 Å². The Morgan fingerprint density at radius 3 is 2.52 bits per heavy atom. The number of benzene rings is 2. The van der Waals surface area contributed by atoms with Crippen LogP contribution in [0.25, 0.3) is 10.9 Å². The quantitative estimate of drug-likeness (QED) is 0.610. The minimum Gasteiger partial charge on any atom is -0.497 e. The maximum absolute atomic E-state index is 13.1. The molecule has 2 aromatic carbocycles. The highest BCUT2D eigenvalue weighted by Crippen LogP contribution is 2.35. The van der Waals surface area contributed by atoms with Crippen molar-refractivity contribution in [1.29, 1.82) is 0 Å². The Hall–Kier alpha value is -3.35. The van der Waals surface area contributed by atoms with E-state index in [-0.39, 0.29) is 17.9 Å². The van der Waals surface area contributed by atoms with Crippen LogP contribution in [0.2, 0.25) is 0 Å². The number of rotatable bonds is 6. The maximum atomic E-state index is 13.1. The molecule has 3 aromatic rings. The van der Waals surface area contributed by atoms with Gasteiger partial charge in [-0.2, -0.15) is 0 Å². The summed E-state index contributed by atoms with van der Waals surface area (Å²) in [4.78, 5) is 16.3. The molecule has 2 N–H and O–H groups in total. The van der Waals surface area contributed by atoms with Gasteiger partial charge in [0.2, 0.25) is 0 Å². The highest BCUT2D eigenvalue weighted by atomic mass is 16.5. The van der Waals surface area contributed by atoms with Crippen molar-refractivity contribution in [3.05, 3.63) is 47.7 Å². The molecule has 2 heterocycles. The average Bonchev–Trinajstić information content (AvgIpc) is 3.07. The summed E-state index contributed by atoms with van der Waals surface area (Å²) in [6.07, 6.45) is 0.850. The van der Waals surface area contributed by atoms with Gasteiger partial charge in [0.15, 0.2) is 11.5 Å². The van der Waals surface area contributed by atoms with Gasteiger partial charge in [-0.3, -0.25) is 4.79 Å². The number of carbonyl (C=O) groups is 1. The molecule has 7 nitrogen and oxygen atoms in total. The number of nitrogens with one attached hydrogen (secondary N) is 2. The molecule has 0 saturated heterocycles. The summed E-state index contributed by atoms with van der Waals surface area (Å²) in [5, 5.41) is 3.98. The van der Waals surface area contributed by atoms with Crippen LogP contribution in [-0.4, -0.2) is 38.3 Å². The molecule has 164 valence electrons. The number of carbonyl (C=O) groups excluding carboxylic acids is 1. The molecule has 4 rings (SSSR count). The van der Waals surface area contributed by atoms with E-state index in [4.69, 9.17) is 18.9 Å². The van der Waals surface area contributed by atoms with Crippen molar-refractivity contribution >= 4 is 16.8 Å². The first-order valence-electron chi connectivity index (χ1n) is 10.4. The van der Waals surface area contributed by atoms with E-state index in [9.17, 15) is 4.79 Å². The van der Waals surface area contributed by atoms with Crippen molar-refractivity contribution in [3.8, 4) is 23.0 Å². The summed E-state index contributed by atoms with van der Waals surface area (Å²) in [6, 6.07) is 11.1. The van der Waals surface area contributed by atoms with Gasteiger partial charge in [0.05, 0.1) is 39.0 Å². The average molecular weight is 424 g/mol.